The van der Waals surface area contributed by atoms with Crippen LogP contribution in [-0.2, 0) is 9.63 Å². The van der Waals surface area contributed by atoms with Crippen LogP contribution in [-0.4, -0.2) is 22.3 Å². The smallest absolute Gasteiger partial charge is 0.243 e. The summed E-state index contributed by atoms with van der Waals surface area (Å²) in [7, 11) is 0. The van der Waals surface area contributed by atoms with Gasteiger partial charge in [0.1, 0.15) is 6.10 Å². The van der Waals surface area contributed by atoms with Crippen LogP contribution in [0.25, 0.3) is 0 Å². The Bertz CT molecular complexity index is 369. The number of rotatable bonds is 2. The zero-order valence-electron chi connectivity index (χ0n) is 9.10. The average molecular weight is 284 g/mol. The number of hydrogen-bond acceptors (Lipinski definition) is 2. The number of nitrogens with zero attached hydrogens (tertiary/aromatic N) is 1. The second-order valence-corrected chi connectivity index (χ2v) is 4.54. The molecule has 0 unspecified atom stereocenters. The number of alkyl halides is 1. The first kappa shape index (κ1) is 11.6. The van der Waals surface area contributed by atoms with Gasteiger partial charge in [0.15, 0.2) is 0 Å². The molecule has 2 rings (SSSR count). The normalized spacial score (nSPS) is 24.8. The molecule has 0 aliphatic carbocycles. The molecule has 0 saturated carbocycles. The molecule has 2 atom stereocenters. The van der Waals surface area contributed by atoms with Gasteiger partial charge < -0.3 is 0 Å². The Morgan fingerprint density at radius 2 is 2.19 bits per heavy atom. The minimum absolute atomic E-state index is 0.00681. The van der Waals surface area contributed by atoms with E-state index in [0.29, 0.717) is 0 Å². The molecule has 1 amide bonds. The lowest BCUT2D eigenvalue weighted by Gasteiger charge is -2.19. The largest absolute Gasteiger partial charge is 0.273 e. The molecule has 1 aromatic carbocycles. The minimum atomic E-state index is -0.0390. The fourth-order valence-corrected chi connectivity index (χ4v) is 2.46. The molecule has 1 aromatic rings. The Kier molecular flexibility index (Phi) is 3.61. The van der Waals surface area contributed by atoms with Crippen molar-refractivity contribution < 1.29 is 9.63 Å². The Labute approximate surface area is 103 Å². The summed E-state index contributed by atoms with van der Waals surface area (Å²) in [4.78, 5) is 17.0. The molecule has 0 N–H and O–H groups in total. The van der Waals surface area contributed by atoms with Crippen molar-refractivity contribution in [2.45, 2.75) is 25.5 Å². The molecule has 1 aliphatic heterocycles. The molecule has 1 saturated heterocycles. The van der Waals surface area contributed by atoms with E-state index in [9.17, 15) is 4.79 Å². The number of carbonyl (C=O) groups excluding carboxylic acids is 1. The van der Waals surface area contributed by atoms with Gasteiger partial charge in [0, 0.05) is 18.7 Å². The van der Waals surface area contributed by atoms with Gasteiger partial charge in [-0.3, -0.25) is 9.63 Å². The highest BCUT2D eigenvalue weighted by molar-refractivity contribution is 9.09. The van der Waals surface area contributed by atoms with Crippen molar-refractivity contribution >= 4 is 21.8 Å². The van der Waals surface area contributed by atoms with Crippen molar-refractivity contribution in [3.05, 3.63) is 35.9 Å². The van der Waals surface area contributed by atoms with Crippen LogP contribution in [0.2, 0.25) is 0 Å². The van der Waals surface area contributed by atoms with Gasteiger partial charge in [-0.1, -0.05) is 46.3 Å². The molecule has 86 valence electrons. The molecule has 3 nitrogen and oxygen atoms in total. The van der Waals surface area contributed by atoms with E-state index in [0.717, 1.165) is 17.3 Å². The van der Waals surface area contributed by atoms with Gasteiger partial charge in [-0.15, -0.1) is 0 Å². The lowest BCUT2D eigenvalue weighted by atomic mass is 10.0. The van der Waals surface area contributed by atoms with Crippen LogP contribution in [0.4, 0.5) is 0 Å². The topological polar surface area (TPSA) is 29.5 Å². The first-order valence-electron chi connectivity index (χ1n) is 5.30. The van der Waals surface area contributed by atoms with E-state index >= 15 is 0 Å². The van der Waals surface area contributed by atoms with Gasteiger partial charge in [-0.05, 0) is 5.56 Å². The first-order chi connectivity index (χ1) is 7.72. The summed E-state index contributed by atoms with van der Waals surface area (Å²) >= 11 is 3.41. The Morgan fingerprint density at radius 1 is 1.50 bits per heavy atom. The predicted octanol–water partition coefficient (Wildman–Crippen LogP) is 2.68. The zero-order chi connectivity index (χ0) is 11.5. The third-order valence-corrected chi connectivity index (χ3v) is 3.47. The standard InChI is InChI=1S/C12H14BrNO2/c1-9(15)14-11(8-13)7-12(16-14)10-5-3-2-4-6-10/h2-6,11-12H,7-8H2,1H3/t11-,12+/m1/s1. The summed E-state index contributed by atoms with van der Waals surface area (Å²) in [6.45, 7) is 1.53. The van der Waals surface area contributed by atoms with E-state index in [4.69, 9.17) is 4.84 Å². The number of carbonyl (C=O) groups is 1. The molecule has 1 aliphatic rings. The summed E-state index contributed by atoms with van der Waals surface area (Å²) in [6, 6.07) is 10.1. The van der Waals surface area contributed by atoms with E-state index in [1.165, 1.54) is 12.0 Å². The molecule has 0 spiro atoms. The van der Waals surface area contributed by atoms with E-state index in [1.807, 2.05) is 30.3 Å². The molecule has 1 fully saturated rings. The number of hydroxylamine groups is 2. The highest BCUT2D eigenvalue weighted by Crippen LogP contribution is 2.33. The summed E-state index contributed by atoms with van der Waals surface area (Å²) in [6.07, 6.45) is 0.835. The van der Waals surface area contributed by atoms with E-state index in [1.54, 1.807) is 0 Å². The van der Waals surface area contributed by atoms with E-state index < -0.39 is 0 Å². The Balaban J connectivity index is 2.14. The fraction of sp³-hybridized carbons (Fsp3) is 0.417. The SMILES string of the molecule is CC(=O)N1O[C@H](c2ccccc2)C[C@@H]1CBr. The third kappa shape index (κ3) is 2.28. The molecular formula is C12H14BrNO2. The molecule has 1 heterocycles. The van der Waals surface area contributed by atoms with Crippen LogP contribution in [0.1, 0.15) is 25.0 Å². The number of benzene rings is 1. The maximum absolute atomic E-state index is 11.4. The second kappa shape index (κ2) is 4.97. The summed E-state index contributed by atoms with van der Waals surface area (Å²) in [5.74, 6) is -0.0390. The van der Waals surface area contributed by atoms with Gasteiger partial charge in [0.2, 0.25) is 5.91 Å². The van der Waals surface area contributed by atoms with Crippen molar-refractivity contribution in [1.29, 1.82) is 0 Å². The lowest BCUT2D eigenvalue weighted by Crippen LogP contribution is -2.33. The van der Waals surface area contributed by atoms with Crippen molar-refractivity contribution in [2.24, 2.45) is 0 Å². The van der Waals surface area contributed by atoms with Crippen molar-refractivity contribution in [3.63, 3.8) is 0 Å². The van der Waals surface area contributed by atoms with Gasteiger partial charge in [-0.2, -0.15) is 0 Å². The van der Waals surface area contributed by atoms with Gasteiger partial charge >= 0.3 is 0 Å². The van der Waals surface area contributed by atoms with Gasteiger partial charge in [0.05, 0.1) is 6.04 Å². The number of hydrogen-bond donors (Lipinski definition) is 0. The third-order valence-electron chi connectivity index (χ3n) is 2.72. The van der Waals surface area contributed by atoms with Crippen molar-refractivity contribution in [3.8, 4) is 0 Å². The highest BCUT2D eigenvalue weighted by Gasteiger charge is 2.35. The maximum Gasteiger partial charge on any atom is 0.243 e. The maximum atomic E-state index is 11.4. The van der Waals surface area contributed by atoms with Crippen molar-refractivity contribution in [2.75, 3.05) is 5.33 Å². The fourth-order valence-electron chi connectivity index (χ4n) is 1.93. The van der Waals surface area contributed by atoms with Crippen molar-refractivity contribution in [1.82, 2.24) is 5.06 Å². The molecule has 4 heteroatoms. The van der Waals surface area contributed by atoms with Crippen LogP contribution < -0.4 is 0 Å². The zero-order valence-corrected chi connectivity index (χ0v) is 10.7. The number of amides is 1. The van der Waals surface area contributed by atoms with Crippen LogP contribution in [0, 0.1) is 0 Å². The monoisotopic (exact) mass is 283 g/mol. The van der Waals surface area contributed by atoms with E-state index in [-0.39, 0.29) is 18.1 Å². The average Bonchev–Trinajstić information content (AvgIpc) is 2.74. The molecular weight excluding hydrogens is 270 g/mol. The quantitative estimate of drug-likeness (QED) is 0.781. The van der Waals surface area contributed by atoms with Crippen LogP contribution in [0.15, 0.2) is 30.3 Å². The van der Waals surface area contributed by atoms with Gasteiger partial charge in [0.25, 0.3) is 0 Å². The minimum Gasteiger partial charge on any atom is -0.273 e. The summed E-state index contributed by atoms with van der Waals surface area (Å²) in [5, 5.41) is 2.22. The van der Waals surface area contributed by atoms with E-state index in [2.05, 4.69) is 15.9 Å². The van der Waals surface area contributed by atoms with Crippen LogP contribution >= 0.6 is 15.9 Å². The molecule has 0 aromatic heterocycles. The predicted molar refractivity (Wildman–Crippen MR) is 65.0 cm³/mol. The van der Waals surface area contributed by atoms with Gasteiger partial charge in [-0.25, -0.2) is 5.06 Å². The second-order valence-electron chi connectivity index (χ2n) is 3.89. The number of halogens is 1. The summed E-state index contributed by atoms with van der Waals surface area (Å²) in [5.41, 5.74) is 1.12. The van der Waals surface area contributed by atoms with Crippen LogP contribution in [0.3, 0.4) is 0 Å². The Morgan fingerprint density at radius 3 is 2.69 bits per heavy atom. The lowest BCUT2D eigenvalue weighted by molar-refractivity contribution is -0.184. The molecule has 0 radical (unpaired) electrons. The summed E-state index contributed by atoms with van der Waals surface area (Å²) < 4.78 is 0. The highest BCUT2D eigenvalue weighted by atomic mass is 79.9. The molecule has 0 bridgehead atoms. The first-order valence-corrected chi connectivity index (χ1v) is 6.42. The molecule has 16 heavy (non-hydrogen) atoms. The van der Waals surface area contributed by atoms with Crippen LogP contribution in [0.5, 0.6) is 0 Å². The Hall–Kier alpha value is -0.870.